The maximum atomic E-state index is 10.1. The molecule has 0 unspecified atom stereocenters. The van der Waals surface area contributed by atoms with Crippen LogP contribution in [0.3, 0.4) is 0 Å². The molecule has 1 aliphatic rings. The Kier molecular flexibility index (Phi) is 3.14. The van der Waals surface area contributed by atoms with Gasteiger partial charge in [0.2, 0.25) is 0 Å². The molecule has 1 aromatic heterocycles. The normalized spacial score (nSPS) is 18.8. The molecule has 2 rings (SSSR count). The molecule has 0 aliphatic carbocycles. The number of nitrogens with zero attached hydrogens (tertiary/aromatic N) is 3. The van der Waals surface area contributed by atoms with Crippen molar-refractivity contribution in [2.24, 2.45) is 5.92 Å². The Hall–Kier alpha value is -1.44. The van der Waals surface area contributed by atoms with Gasteiger partial charge in [-0.05, 0) is 12.0 Å². The first-order valence-corrected chi connectivity index (χ1v) is 5.84. The summed E-state index contributed by atoms with van der Waals surface area (Å²) in [5.74, 6) is 0.267. The fourth-order valence-electron chi connectivity index (χ4n) is 2.11. The Labute approximate surface area is 102 Å². The smallest absolute Gasteiger partial charge is 0.144 e. The summed E-state index contributed by atoms with van der Waals surface area (Å²) in [6, 6.07) is 5.85. The van der Waals surface area contributed by atoms with Crippen molar-refractivity contribution in [2.45, 2.75) is 26.0 Å². The number of likely N-dealkylation sites (tertiary alicyclic amines) is 1. The zero-order chi connectivity index (χ0) is 12.5. The van der Waals surface area contributed by atoms with E-state index in [1.165, 1.54) is 0 Å². The molecular formula is C13H17N3O. The van der Waals surface area contributed by atoms with Crippen LogP contribution in [-0.4, -0.2) is 33.7 Å². The second-order valence-corrected chi connectivity index (χ2v) is 5.03. The van der Waals surface area contributed by atoms with E-state index >= 15 is 0 Å². The monoisotopic (exact) mass is 231 g/mol. The Bertz CT molecular complexity index is 444. The van der Waals surface area contributed by atoms with E-state index in [9.17, 15) is 5.11 Å². The molecule has 1 aliphatic heterocycles. The van der Waals surface area contributed by atoms with Gasteiger partial charge < -0.3 is 5.11 Å². The predicted octanol–water partition coefficient (Wildman–Crippen LogP) is 1.16. The molecule has 4 heteroatoms. The second kappa shape index (κ2) is 4.44. The van der Waals surface area contributed by atoms with Crippen LogP contribution in [0.25, 0.3) is 0 Å². The molecule has 1 fully saturated rings. The first-order valence-electron chi connectivity index (χ1n) is 5.84. The Morgan fingerprint density at radius 2 is 2.29 bits per heavy atom. The summed E-state index contributed by atoms with van der Waals surface area (Å²) in [4.78, 5) is 6.17. The van der Waals surface area contributed by atoms with Crippen LogP contribution in [0.4, 0.5) is 0 Å². The Morgan fingerprint density at radius 1 is 1.59 bits per heavy atom. The fourth-order valence-corrected chi connectivity index (χ4v) is 2.11. The molecule has 0 aromatic carbocycles. The minimum atomic E-state index is -0.561. The fraction of sp³-hybridized carbons (Fsp3) is 0.538. The molecule has 2 heterocycles. The van der Waals surface area contributed by atoms with Gasteiger partial charge in [-0.2, -0.15) is 5.26 Å². The van der Waals surface area contributed by atoms with E-state index in [2.05, 4.69) is 16.0 Å². The van der Waals surface area contributed by atoms with Crippen molar-refractivity contribution >= 4 is 0 Å². The van der Waals surface area contributed by atoms with Gasteiger partial charge in [-0.25, -0.2) is 4.98 Å². The zero-order valence-corrected chi connectivity index (χ0v) is 10.2. The van der Waals surface area contributed by atoms with Gasteiger partial charge in [0.1, 0.15) is 11.8 Å². The van der Waals surface area contributed by atoms with E-state index < -0.39 is 5.60 Å². The summed E-state index contributed by atoms with van der Waals surface area (Å²) in [6.07, 6.45) is 1.63. The number of hydrogen-bond donors (Lipinski definition) is 1. The summed E-state index contributed by atoms with van der Waals surface area (Å²) in [7, 11) is 0. The minimum absolute atomic E-state index is 0.267. The summed E-state index contributed by atoms with van der Waals surface area (Å²) in [5, 5.41) is 19.1. The number of aromatic nitrogens is 1. The second-order valence-electron chi connectivity index (χ2n) is 5.03. The van der Waals surface area contributed by atoms with Crippen molar-refractivity contribution in [3.8, 4) is 6.07 Å². The third-order valence-corrected chi connectivity index (χ3v) is 3.46. The average Bonchev–Trinajstić information content (AvgIpc) is 2.27. The van der Waals surface area contributed by atoms with E-state index in [0.717, 1.165) is 5.56 Å². The lowest BCUT2D eigenvalue weighted by molar-refractivity contribution is -0.130. The van der Waals surface area contributed by atoms with Gasteiger partial charge in [0.15, 0.2) is 0 Å². The van der Waals surface area contributed by atoms with Crippen molar-refractivity contribution in [2.75, 3.05) is 13.1 Å². The van der Waals surface area contributed by atoms with Crippen molar-refractivity contribution in [3.63, 3.8) is 0 Å². The van der Waals surface area contributed by atoms with Crippen LogP contribution in [0, 0.1) is 17.2 Å². The Morgan fingerprint density at radius 3 is 2.88 bits per heavy atom. The molecule has 17 heavy (non-hydrogen) atoms. The van der Waals surface area contributed by atoms with Crippen molar-refractivity contribution in [1.82, 2.24) is 9.88 Å². The molecule has 1 N–H and O–H groups in total. The molecule has 0 spiro atoms. The van der Waals surface area contributed by atoms with Crippen molar-refractivity contribution in [1.29, 1.82) is 5.26 Å². The molecule has 90 valence electrons. The number of aliphatic hydroxyl groups is 1. The van der Waals surface area contributed by atoms with Crippen LogP contribution in [0.1, 0.15) is 25.1 Å². The molecule has 0 bridgehead atoms. The van der Waals surface area contributed by atoms with Crippen LogP contribution in [-0.2, 0) is 6.54 Å². The van der Waals surface area contributed by atoms with E-state index in [1.807, 2.05) is 26.0 Å². The largest absolute Gasteiger partial charge is 0.387 e. The number of hydrogen-bond acceptors (Lipinski definition) is 4. The van der Waals surface area contributed by atoms with E-state index in [-0.39, 0.29) is 5.92 Å². The maximum absolute atomic E-state index is 10.1. The van der Waals surface area contributed by atoms with Crippen LogP contribution in [0.5, 0.6) is 0 Å². The van der Waals surface area contributed by atoms with Crippen molar-refractivity contribution < 1.29 is 5.11 Å². The standard InChI is InChI=1S/C13H17N3O/c1-10(2)13(17)8-16(9-13)7-11-4-3-5-15-12(11)6-14/h3-5,10,17H,7-9H2,1-2H3. The lowest BCUT2D eigenvalue weighted by Gasteiger charge is -2.49. The van der Waals surface area contributed by atoms with Crippen LogP contribution in [0.2, 0.25) is 0 Å². The molecular weight excluding hydrogens is 214 g/mol. The van der Waals surface area contributed by atoms with E-state index in [0.29, 0.717) is 25.3 Å². The average molecular weight is 231 g/mol. The Balaban J connectivity index is 1.99. The van der Waals surface area contributed by atoms with Gasteiger partial charge in [0.25, 0.3) is 0 Å². The summed E-state index contributed by atoms with van der Waals surface area (Å²) >= 11 is 0. The molecule has 0 atom stereocenters. The quantitative estimate of drug-likeness (QED) is 0.848. The molecule has 4 nitrogen and oxygen atoms in total. The highest BCUT2D eigenvalue weighted by atomic mass is 16.3. The summed E-state index contributed by atoms with van der Waals surface area (Å²) in [5.41, 5.74) is 0.850. The number of nitriles is 1. The van der Waals surface area contributed by atoms with Gasteiger partial charge in [0.05, 0.1) is 5.60 Å². The highest BCUT2D eigenvalue weighted by Gasteiger charge is 2.43. The molecule has 0 radical (unpaired) electrons. The van der Waals surface area contributed by atoms with Gasteiger partial charge in [-0.15, -0.1) is 0 Å². The SMILES string of the molecule is CC(C)C1(O)CN(Cc2cccnc2C#N)C1. The zero-order valence-electron chi connectivity index (χ0n) is 10.2. The molecule has 0 saturated carbocycles. The van der Waals surface area contributed by atoms with E-state index in [1.54, 1.807) is 6.20 Å². The highest BCUT2D eigenvalue weighted by molar-refractivity contribution is 5.30. The lowest BCUT2D eigenvalue weighted by Crippen LogP contribution is -2.63. The van der Waals surface area contributed by atoms with Gasteiger partial charge in [0, 0.05) is 31.4 Å². The molecule has 1 saturated heterocycles. The van der Waals surface area contributed by atoms with Gasteiger partial charge >= 0.3 is 0 Å². The molecule has 1 aromatic rings. The first-order chi connectivity index (χ1) is 8.05. The number of β-amino-alcohol motifs (C(OH)–C–C–N with tert-alkyl or cyclic N) is 1. The topological polar surface area (TPSA) is 60.1 Å². The summed E-state index contributed by atoms with van der Waals surface area (Å²) < 4.78 is 0. The van der Waals surface area contributed by atoms with Gasteiger partial charge in [-0.3, -0.25) is 4.90 Å². The first kappa shape index (κ1) is 12.0. The van der Waals surface area contributed by atoms with Crippen LogP contribution in [0.15, 0.2) is 18.3 Å². The minimum Gasteiger partial charge on any atom is -0.387 e. The molecule has 0 amide bonds. The highest BCUT2D eigenvalue weighted by Crippen LogP contribution is 2.29. The number of rotatable bonds is 3. The number of pyridine rings is 1. The third-order valence-electron chi connectivity index (χ3n) is 3.46. The van der Waals surface area contributed by atoms with E-state index in [4.69, 9.17) is 5.26 Å². The van der Waals surface area contributed by atoms with Gasteiger partial charge in [-0.1, -0.05) is 19.9 Å². The predicted molar refractivity (Wildman–Crippen MR) is 64.0 cm³/mol. The van der Waals surface area contributed by atoms with Crippen LogP contribution >= 0.6 is 0 Å². The summed E-state index contributed by atoms with van der Waals surface area (Å²) in [6.45, 7) is 6.09. The lowest BCUT2D eigenvalue weighted by atomic mass is 9.83. The van der Waals surface area contributed by atoms with Crippen molar-refractivity contribution in [3.05, 3.63) is 29.6 Å². The third kappa shape index (κ3) is 2.31. The maximum Gasteiger partial charge on any atom is 0.144 e. The van der Waals surface area contributed by atoms with Crippen LogP contribution < -0.4 is 0 Å².